The number of ether oxygens (including phenoxy) is 1. The molecule has 0 saturated heterocycles. The van der Waals surface area contributed by atoms with E-state index in [1.807, 2.05) is 57.2 Å². The van der Waals surface area contributed by atoms with Gasteiger partial charge in [0.05, 0.1) is 12.1 Å². The molecular weight excluding hydrogens is 400 g/mol. The molecule has 0 unspecified atom stereocenters. The van der Waals surface area contributed by atoms with Gasteiger partial charge in [-0.1, -0.05) is 72.8 Å². The van der Waals surface area contributed by atoms with Gasteiger partial charge in [0, 0.05) is 6.54 Å². The Morgan fingerprint density at radius 1 is 0.969 bits per heavy atom. The number of carbonyl (C=O) groups excluding carboxylic acids is 1. The average Bonchev–Trinajstić information content (AvgIpc) is 2.75. The molecule has 0 saturated carbocycles. The molecule has 0 aliphatic heterocycles. The molecule has 0 aliphatic carbocycles. The number of nitrogens with one attached hydrogen (secondary N) is 2. The van der Waals surface area contributed by atoms with Crippen molar-refractivity contribution in [3.05, 3.63) is 83.9 Å². The molecule has 5 heteroatoms. The van der Waals surface area contributed by atoms with Gasteiger partial charge in [0.2, 0.25) is 0 Å². The van der Waals surface area contributed by atoms with E-state index in [9.17, 15) is 9.90 Å². The van der Waals surface area contributed by atoms with Crippen LogP contribution in [0.15, 0.2) is 72.8 Å². The summed E-state index contributed by atoms with van der Waals surface area (Å²) in [5.74, 6) is 0. The van der Waals surface area contributed by atoms with Gasteiger partial charge in [-0.15, -0.1) is 0 Å². The van der Waals surface area contributed by atoms with Crippen molar-refractivity contribution in [2.75, 3.05) is 13.1 Å². The highest BCUT2D eigenvalue weighted by atomic mass is 16.6. The summed E-state index contributed by atoms with van der Waals surface area (Å²) in [5, 5.41) is 19.5. The molecule has 0 aliphatic rings. The van der Waals surface area contributed by atoms with Crippen molar-refractivity contribution < 1.29 is 14.6 Å². The van der Waals surface area contributed by atoms with Gasteiger partial charge in [-0.25, -0.2) is 4.79 Å². The second kappa shape index (κ2) is 11.1. The quantitative estimate of drug-likeness (QED) is 0.435. The van der Waals surface area contributed by atoms with Crippen LogP contribution in [-0.4, -0.2) is 42.0 Å². The highest BCUT2D eigenvalue weighted by molar-refractivity contribution is 5.85. The Hall–Kier alpha value is -2.89. The van der Waals surface area contributed by atoms with Crippen LogP contribution in [0.3, 0.4) is 0 Å². The first kappa shape index (κ1) is 23.8. The zero-order valence-electron chi connectivity index (χ0n) is 19.2. The van der Waals surface area contributed by atoms with Crippen LogP contribution in [0.2, 0.25) is 0 Å². The Bertz CT molecular complexity index is 993. The summed E-state index contributed by atoms with van der Waals surface area (Å²) >= 11 is 0. The molecule has 3 aromatic rings. The van der Waals surface area contributed by atoms with E-state index >= 15 is 0 Å². The zero-order valence-corrected chi connectivity index (χ0v) is 19.2. The Kier molecular flexibility index (Phi) is 8.26. The molecule has 2 atom stereocenters. The van der Waals surface area contributed by atoms with Crippen LogP contribution >= 0.6 is 0 Å². The van der Waals surface area contributed by atoms with E-state index < -0.39 is 23.8 Å². The Labute approximate surface area is 190 Å². The number of hydrogen-bond donors (Lipinski definition) is 3. The molecule has 0 spiro atoms. The van der Waals surface area contributed by atoms with E-state index in [1.165, 1.54) is 16.3 Å². The maximum absolute atomic E-state index is 12.3. The van der Waals surface area contributed by atoms with Crippen molar-refractivity contribution in [3.63, 3.8) is 0 Å². The summed E-state index contributed by atoms with van der Waals surface area (Å²) in [6, 6.07) is 24.1. The number of amides is 1. The largest absolute Gasteiger partial charge is 0.444 e. The number of aliphatic hydroxyl groups is 1. The Morgan fingerprint density at radius 2 is 1.66 bits per heavy atom. The molecule has 0 radical (unpaired) electrons. The summed E-state index contributed by atoms with van der Waals surface area (Å²) < 4.78 is 5.40. The summed E-state index contributed by atoms with van der Waals surface area (Å²) in [6.45, 7) is 6.58. The van der Waals surface area contributed by atoms with Crippen LogP contribution in [0.5, 0.6) is 0 Å². The fourth-order valence-electron chi connectivity index (χ4n) is 3.74. The number of rotatable bonds is 9. The van der Waals surface area contributed by atoms with E-state index in [1.54, 1.807) is 0 Å². The predicted octanol–water partition coefficient (Wildman–Crippen LogP) is 4.47. The van der Waals surface area contributed by atoms with E-state index in [0.717, 1.165) is 18.5 Å². The van der Waals surface area contributed by atoms with Gasteiger partial charge in [0.1, 0.15) is 5.60 Å². The molecule has 32 heavy (non-hydrogen) atoms. The minimum Gasteiger partial charge on any atom is -0.444 e. The third-order valence-electron chi connectivity index (χ3n) is 5.27. The number of fused-ring (bicyclic) bond motifs is 1. The molecule has 0 aromatic heterocycles. The summed E-state index contributed by atoms with van der Waals surface area (Å²) in [7, 11) is 0. The van der Waals surface area contributed by atoms with Gasteiger partial charge in [0.25, 0.3) is 0 Å². The average molecular weight is 435 g/mol. The number of alkyl carbamates (subject to hydrolysis) is 1. The normalized spacial score (nSPS) is 13.5. The van der Waals surface area contributed by atoms with Crippen molar-refractivity contribution in [3.8, 4) is 0 Å². The molecule has 1 amide bonds. The molecule has 0 fully saturated rings. The number of aliphatic hydroxyl groups excluding tert-OH is 1. The highest BCUT2D eigenvalue weighted by Crippen LogP contribution is 2.18. The first-order valence-electron chi connectivity index (χ1n) is 11.2. The zero-order chi connectivity index (χ0) is 23.0. The number of carbonyl (C=O) groups is 1. The van der Waals surface area contributed by atoms with Crippen LogP contribution < -0.4 is 10.6 Å². The fraction of sp³-hybridized carbons (Fsp3) is 0.370. The van der Waals surface area contributed by atoms with Crippen LogP contribution in [-0.2, 0) is 17.6 Å². The minimum absolute atomic E-state index is 0.373. The van der Waals surface area contributed by atoms with Gasteiger partial charge in [0.15, 0.2) is 0 Å². The predicted molar refractivity (Wildman–Crippen MR) is 130 cm³/mol. The van der Waals surface area contributed by atoms with Gasteiger partial charge in [-0.05, 0) is 62.1 Å². The van der Waals surface area contributed by atoms with Gasteiger partial charge >= 0.3 is 6.09 Å². The third-order valence-corrected chi connectivity index (χ3v) is 5.27. The maximum atomic E-state index is 12.3. The van der Waals surface area contributed by atoms with E-state index in [-0.39, 0.29) is 0 Å². The number of benzene rings is 3. The molecule has 0 heterocycles. The van der Waals surface area contributed by atoms with Crippen LogP contribution in [0.4, 0.5) is 4.79 Å². The molecule has 3 N–H and O–H groups in total. The van der Waals surface area contributed by atoms with E-state index in [4.69, 9.17) is 4.74 Å². The Balaban J connectivity index is 1.57. The molecule has 3 aromatic carbocycles. The maximum Gasteiger partial charge on any atom is 0.407 e. The summed E-state index contributed by atoms with van der Waals surface area (Å²) in [5.41, 5.74) is 1.73. The monoisotopic (exact) mass is 434 g/mol. The molecular formula is C27H34N2O3. The van der Waals surface area contributed by atoms with Crippen molar-refractivity contribution in [1.82, 2.24) is 10.6 Å². The van der Waals surface area contributed by atoms with Crippen molar-refractivity contribution in [2.24, 2.45) is 0 Å². The second-order valence-electron chi connectivity index (χ2n) is 9.10. The van der Waals surface area contributed by atoms with Crippen molar-refractivity contribution >= 4 is 16.9 Å². The smallest absolute Gasteiger partial charge is 0.407 e. The van der Waals surface area contributed by atoms with Gasteiger partial charge in [-0.2, -0.15) is 0 Å². The highest BCUT2D eigenvalue weighted by Gasteiger charge is 2.24. The Morgan fingerprint density at radius 3 is 2.41 bits per heavy atom. The standard InChI is InChI=1S/C27H34N2O3/c1-27(2,3)32-26(31)29-24(18-20-10-5-4-6-11-20)25(30)19-28-17-16-22-14-9-13-21-12-7-8-15-23(21)22/h4-15,24-25,28,30H,16-19H2,1-3H3,(H,29,31)/t24-,25+/m0/s1. The minimum atomic E-state index is -0.754. The van der Waals surface area contributed by atoms with Crippen LogP contribution in [0.1, 0.15) is 31.9 Å². The lowest BCUT2D eigenvalue weighted by Crippen LogP contribution is -2.50. The first-order chi connectivity index (χ1) is 15.3. The second-order valence-corrected chi connectivity index (χ2v) is 9.10. The SMILES string of the molecule is CC(C)(C)OC(=O)N[C@@H](Cc1ccccc1)[C@H](O)CNCCc1cccc2ccccc12. The fourth-order valence-corrected chi connectivity index (χ4v) is 3.74. The lowest BCUT2D eigenvalue weighted by atomic mass is 10.0. The molecule has 0 bridgehead atoms. The van der Waals surface area contributed by atoms with Crippen LogP contribution in [0, 0.1) is 0 Å². The third kappa shape index (κ3) is 7.36. The van der Waals surface area contributed by atoms with E-state index in [0.29, 0.717) is 13.0 Å². The van der Waals surface area contributed by atoms with E-state index in [2.05, 4.69) is 47.0 Å². The van der Waals surface area contributed by atoms with Crippen molar-refractivity contribution in [2.45, 2.75) is 51.4 Å². The van der Waals surface area contributed by atoms with Crippen molar-refractivity contribution in [1.29, 1.82) is 0 Å². The van der Waals surface area contributed by atoms with Crippen LogP contribution in [0.25, 0.3) is 10.8 Å². The van der Waals surface area contributed by atoms with Gasteiger partial charge < -0.3 is 20.5 Å². The molecule has 3 rings (SSSR count). The lowest BCUT2D eigenvalue weighted by molar-refractivity contribution is 0.0423. The topological polar surface area (TPSA) is 70.6 Å². The summed E-state index contributed by atoms with van der Waals surface area (Å²) in [4.78, 5) is 12.3. The molecule has 5 nitrogen and oxygen atoms in total. The lowest BCUT2D eigenvalue weighted by Gasteiger charge is -2.27. The van der Waals surface area contributed by atoms with Gasteiger partial charge in [-0.3, -0.25) is 0 Å². The summed E-state index contributed by atoms with van der Waals surface area (Å²) in [6.07, 6.45) is 0.104. The number of hydrogen-bond acceptors (Lipinski definition) is 4. The molecule has 170 valence electrons. The first-order valence-corrected chi connectivity index (χ1v) is 11.2.